The van der Waals surface area contributed by atoms with Gasteiger partial charge in [-0.25, -0.2) is 0 Å². The highest BCUT2D eigenvalue weighted by molar-refractivity contribution is 8.76. The number of benzene rings is 2. The van der Waals surface area contributed by atoms with Crippen LogP contribution < -0.4 is 0 Å². The fraction of sp³-hybridized carbons (Fsp3) is 0.702. The van der Waals surface area contributed by atoms with Gasteiger partial charge in [-0.15, -0.1) is 0 Å². The predicted molar refractivity (Wildman–Crippen MR) is 218 cm³/mol. The maximum atomic E-state index is 13.0. The number of allylic oxidation sites excluding steroid dienone is 2. The molecule has 8 aliphatic rings. The Hall–Kier alpha value is -1.28. The number of rotatable bonds is 3. The van der Waals surface area contributed by atoms with E-state index in [0.29, 0.717) is 59.2 Å². The van der Waals surface area contributed by atoms with Gasteiger partial charge in [-0.3, -0.25) is 4.90 Å². The summed E-state index contributed by atoms with van der Waals surface area (Å²) in [6.07, 6.45) is 17.9. The molecule has 2 bridgehead atoms. The maximum absolute atomic E-state index is 13.0. The van der Waals surface area contributed by atoms with Crippen LogP contribution in [0, 0.1) is 64.6 Å². The minimum Gasteiger partial charge on any atom is -0.393 e. The molecular formula is C47H63NO3S2. The molecule has 16 unspecified atom stereocenters. The summed E-state index contributed by atoms with van der Waals surface area (Å²) in [5.74, 6) is 8.14. The molecule has 53 heavy (non-hydrogen) atoms. The maximum Gasteiger partial charge on any atom is 0.0808 e. The third-order valence-electron chi connectivity index (χ3n) is 17.3. The monoisotopic (exact) mass is 753 g/mol. The second-order valence-electron chi connectivity index (χ2n) is 19.6. The molecule has 286 valence electrons. The summed E-state index contributed by atoms with van der Waals surface area (Å²) in [4.78, 5) is 2.87. The molecule has 6 heteroatoms. The standard InChI is InChI=1S/C47H63NO3S2/c1-46(51)40-18-17-36-38-24-42(50)41-23-34(49)19-21-47(41)20-7-12-37(44(38)47)43(36)39(40)26-48-25-30-14-16-31(15-13-29-8-3-2-4-9-29)35-11-6-5-10-32(35)27-52-53-28-33(22-30)45(46)48/h2-12,30-31,33-34,36-45,49-51H,13-28H2,1H3. The molecular weight excluding hydrogens is 691 g/mol. The lowest BCUT2D eigenvalue weighted by atomic mass is 9.47. The third-order valence-corrected chi connectivity index (χ3v) is 19.7. The van der Waals surface area contributed by atoms with Crippen LogP contribution in [0.25, 0.3) is 0 Å². The van der Waals surface area contributed by atoms with Gasteiger partial charge in [0.05, 0.1) is 17.8 Å². The molecule has 10 rings (SSSR count). The number of hydrogen-bond donors (Lipinski definition) is 3. The lowest BCUT2D eigenvalue weighted by Crippen LogP contribution is -2.70. The Balaban J connectivity index is 0.933. The highest BCUT2D eigenvalue weighted by Crippen LogP contribution is 2.72. The van der Waals surface area contributed by atoms with E-state index in [4.69, 9.17) is 0 Å². The van der Waals surface area contributed by atoms with E-state index in [1.807, 2.05) is 10.8 Å². The summed E-state index contributed by atoms with van der Waals surface area (Å²) in [6.45, 7) is 4.56. The Morgan fingerprint density at radius 1 is 0.830 bits per heavy atom. The molecule has 5 aliphatic carbocycles. The first-order valence-corrected chi connectivity index (χ1v) is 24.2. The van der Waals surface area contributed by atoms with E-state index in [1.165, 1.54) is 43.2 Å². The Labute approximate surface area is 326 Å². The predicted octanol–water partition coefficient (Wildman–Crippen LogP) is 9.14. The zero-order valence-corrected chi connectivity index (χ0v) is 33.5. The number of piperidine rings is 2. The SMILES string of the molecule is CC1(O)C2CCC3C4CC(O)C5CC(O)CCC56CC=CC(C3C2CN2CC3CCC(CCc5ccccc5)c5ccccc5CSSCC(C3)C21)C46. The van der Waals surface area contributed by atoms with Gasteiger partial charge in [-0.1, -0.05) is 88.3 Å². The number of aryl methyl sites for hydroxylation is 1. The minimum atomic E-state index is -0.683. The van der Waals surface area contributed by atoms with Crippen molar-refractivity contribution in [2.45, 2.75) is 119 Å². The Morgan fingerprint density at radius 2 is 1.68 bits per heavy atom. The summed E-state index contributed by atoms with van der Waals surface area (Å²) < 4.78 is 0. The van der Waals surface area contributed by atoms with Gasteiger partial charge < -0.3 is 15.3 Å². The molecule has 0 aromatic heterocycles. The van der Waals surface area contributed by atoms with Crippen molar-refractivity contribution in [2.24, 2.45) is 64.6 Å². The minimum absolute atomic E-state index is 0.157. The summed E-state index contributed by atoms with van der Waals surface area (Å²) in [5.41, 5.74) is 4.04. The number of hydrogen-bond acceptors (Lipinski definition) is 6. The first-order valence-electron chi connectivity index (χ1n) is 21.7. The average Bonchev–Trinajstić information content (AvgIpc) is 3.49. The lowest BCUT2D eigenvalue weighted by Gasteiger charge is -2.62. The summed E-state index contributed by atoms with van der Waals surface area (Å²) >= 11 is 0. The number of nitrogens with zero attached hydrogens (tertiary/aromatic N) is 1. The fourth-order valence-corrected chi connectivity index (χ4v) is 18.0. The van der Waals surface area contributed by atoms with Crippen LogP contribution in [-0.2, 0) is 12.2 Å². The van der Waals surface area contributed by atoms with Crippen LogP contribution in [-0.4, -0.2) is 62.9 Å². The van der Waals surface area contributed by atoms with Gasteiger partial charge in [-0.2, -0.15) is 0 Å². The largest absolute Gasteiger partial charge is 0.393 e. The zero-order valence-electron chi connectivity index (χ0n) is 31.9. The zero-order chi connectivity index (χ0) is 35.9. The second-order valence-corrected chi connectivity index (χ2v) is 22.1. The average molecular weight is 754 g/mol. The Bertz CT molecular complexity index is 1650. The molecule has 4 nitrogen and oxygen atoms in total. The highest BCUT2D eigenvalue weighted by atomic mass is 33.1. The van der Waals surface area contributed by atoms with Gasteiger partial charge in [0, 0.05) is 30.6 Å². The van der Waals surface area contributed by atoms with Crippen LogP contribution in [0.2, 0.25) is 0 Å². The van der Waals surface area contributed by atoms with Gasteiger partial charge in [0.15, 0.2) is 0 Å². The van der Waals surface area contributed by atoms with Crippen LogP contribution in [0.5, 0.6) is 0 Å². The van der Waals surface area contributed by atoms with E-state index in [9.17, 15) is 15.3 Å². The summed E-state index contributed by atoms with van der Waals surface area (Å²) in [7, 11) is 4.13. The molecule has 3 aliphatic heterocycles. The molecule has 0 amide bonds. The normalized spacial score (nSPS) is 47.7. The van der Waals surface area contributed by atoms with Crippen LogP contribution in [0.4, 0.5) is 0 Å². The second kappa shape index (κ2) is 14.3. The van der Waals surface area contributed by atoms with Gasteiger partial charge >= 0.3 is 0 Å². The molecule has 6 fully saturated rings. The van der Waals surface area contributed by atoms with E-state index in [2.05, 4.69) is 89.4 Å². The van der Waals surface area contributed by atoms with Crippen LogP contribution in [0.3, 0.4) is 0 Å². The van der Waals surface area contributed by atoms with Crippen molar-refractivity contribution in [3.63, 3.8) is 0 Å². The molecule has 2 aromatic rings. The Kier molecular flexibility index (Phi) is 9.72. The van der Waals surface area contributed by atoms with Crippen molar-refractivity contribution in [1.29, 1.82) is 0 Å². The number of aliphatic hydroxyl groups excluding tert-OH is 2. The quantitative estimate of drug-likeness (QED) is 0.215. The first-order chi connectivity index (χ1) is 25.8. The van der Waals surface area contributed by atoms with Crippen LogP contribution in [0.15, 0.2) is 66.7 Å². The van der Waals surface area contributed by atoms with Crippen molar-refractivity contribution >= 4 is 21.6 Å². The molecule has 3 heterocycles. The van der Waals surface area contributed by atoms with Crippen LogP contribution in [0.1, 0.15) is 100 Å². The Morgan fingerprint density at radius 3 is 2.57 bits per heavy atom. The molecule has 0 radical (unpaired) electrons. The molecule has 16 atom stereocenters. The molecule has 3 N–H and O–H groups in total. The molecule has 1 spiro atoms. The first kappa shape index (κ1) is 36.1. The molecule has 2 saturated heterocycles. The van der Waals surface area contributed by atoms with Gasteiger partial charge in [-0.05, 0) is 171 Å². The van der Waals surface area contributed by atoms with Gasteiger partial charge in [0.1, 0.15) is 0 Å². The van der Waals surface area contributed by atoms with Crippen molar-refractivity contribution in [3.8, 4) is 0 Å². The smallest absolute Gasteiger partial charge is 0.0808 e. The third kappa shape index (κ3) is 6.08. The molecule has 4 saturated carbocycles. The van der Waals surface area contributed by atoms with Crippen molar-refractivity contribution in [3.05, 3.63) is 83.4 Å². The fourth-order valence-electron chi connectivity index (χ4n) is 15.5. The number of fused-ring (bicyclic) bond motifs is 10. The van der Waals surface area contributed by atoms with Crippen molar-refractivity contribution in [2.75, 3.05) is 18.8 Å². The van der Waals surface area contributed by atoms with E-state index < -0.39 is 5.60 Å². The summed E-state index contributed by atoms with van der Waals surface area (Å²) in [6, 6.07) is 20.7. The van der Waals surface area contributed by atoms with E-state index in [0.717, 1.165) is 69.5 Å². The highest BCUT2D eigenvalue weighted by Gasteiger charge is 2.69. The lowest BCUT2D eigenvalue weighted by molar-refractivity contribution is -0.191. The van der Waals surface area contributed by atoms with Crippen molar-refractivity contribution in [1.82, 2.24) is 4.90 Å². The van der Waals surface area contributed by atoms with Gasteiger partial charge in [0.2, 0.25) is 0 Å². The number of aliphatic hydroxyl groups is 3. The molecule has 2 aromatic carbocycles. The summed E-state index contributed by atoms with van der Waals surface area (Å²) in [5, 5.41) is 35.5. The van der Waals surface area contributed by atoms with Crippen LogP contribution >= 0.6 is 21.6 Å². The van der Waals surface area contributed by atoms with E-state index in [-0.39, 0.29) is 29.6 Å². The van der Waals surface area contributed by atoms with Crippen molar-refractivity contribution < 1.29 is 15.3 Å². The topological polar surface area (TPSA) is 63.9 Å². The van der Waals surface area contributed by atoms with Gasteiger partial charge in [0.25, 0.3) is 0 Å². The van der Waals surface area contributed by atoms with E-state index in [1.54, 1.807) is 5.56 Å². The van der Waals surface area contributed by atoms with E-state index >= 15 is 0 Å².